The molecule has 0 radical (unpaired) electrons. The van der Waals surface area contributed by atoms with Crippen LogP contribution in [0, 0.1) is 0 Å². The first kappa shape index (κ1) is 70.6. The quantitative estimate of drug-likeness (QED) is 0.0204. The van der Waals surface area contributed by atoms with E-state index in [4.69, 9.17) is 18.9 Å². The lowest BCUT2D eigenvalue weighted by molar-refractivity contribution is -0.359. The standard InChI is InChI=1S/C62H117NO13/c1-3-5-7-9-11-13-15-17-19-21-23-24-25-26-28-29-31-33-35-37-39-41-43-45-51(66)50(63-54(67)46-44-42-40-38-36-34-32-30-27-22-20-18-16-14-12-10-8-6-4-2)49-73-61-59(72)57(70)60(53(48-65)75-61)76-62-58(71)56(69)55(68)52(47-64)74-62/h12,14,18,20,50-53,55-62,64-66,68-72H,3-11,13,15-17,19,21-49H2,1-2H3,(H,63,67)/b14-12-,20-18-. The van der Waals surface area contributed by atoms with Gasteiger partial charge in [-0.3, -0.25) is 4.79 Å². The van der Waals surface area contributed by atoms with Crippen LogP contribution < -0.4 is 5.32 Å². The largest absolute Gasteiger partial charge is 0.394 e. The summed E-state index contributed by atoms with van der Waals surface area (Å²) in [5, 5.41) is 87.4. The first-order valence-electron chi connectivity index (χ1n) is 31.6. The van der Waals surface area contributed by atoms with E-state index in [1.807, 2.05) is 0 Å². The van der Waals surface area contributed by atoms with Crippen LogP contribution in [-0.2, 0) is 23.7 Å². The molecule has 0 aromatic rings. The Kier molecular flexibility index (Phi) is 44.8. The van der Waals surface area contributed by atoms with Crippen LogP contribution in [0.1, 0.15) is 271 Å². The van der Waals surface area contributed by atoms with Gasteiger partial charge in [0.15, 0.2) is 12.6 Å². The molecule has 2 aliphatic heterocycles. The SMILES string of the molecule is CCCCC/C=C\C/C=C\CCCCCCCCCCCC(=O)NC(COC1OC(CO)C(OC2OC(CO)C(O)C(O)C2O)C(O)C1O)C(O)CCCCCCCCCCCCCCCCCCCCCCCCC. The van der Waals surface area contributed by atoms with E-state index in [1.54, 1.807) is 0 Å². The van der Waals surface area contributed by atoms with Crippen molar-refractivity contribution in [2.24, 2.45) is 0 Å². The summed E-state index contributed by atoms with van der Waals surface area (Å²) in [6.45, 7) is 2.87. The molecule has 0 spiro atoms. The van der Waals surface area contributed by atoms with E-state index < -0.39 is 86.8 Å². The highest BCUT2D eigenvalue weighted by Gasteiger charge is 2.51. The number of carbonyl (C=O) groups is 1. The molecule has 12 atom stereocenters. The monoisotopic (exact) mass is 1080 g/mol. The first-order valence-corrected chi connectivity index (χ1v) is 31.6. The zero-order valence-electron chi connectivity index (χ0n) is 48.3. The molecular formula is C62H117NO13. The number of allylic oxidation sites excluding steroid dienone is 4. The van der Waals surface area contributed by atoms with Gasteiger partial charge in [-0.2, -0.15) is 0 Å². The van der Waals surface area contributed by atoms with Gasteiger partial charge in [0.25, 0.3) is 0 Å². The number of hydrogen-bond donors (Lipinski definition) is 9. The molecule has 9 N–H and O–H groups in total. The Hall–Kier alpha value is -1.53. The molecule has 14 nitrogen and oxygen atoms in total. The van der Waals surface area contributed by atoms with E-state index in [2.05, 4.69) is 43.5 Å². The molecule has 2 saturated heterocycles. The number of nitrogens with one attached hydrogen (secondary N) is 1. The van der Waals surface area contributed by atoms with Crippen LogP contribution in [0.5, 0.6) is 0 Å². The van der Waals surface area contributed by atoms with Crippen molar-refractivity contribution >= 4 is 5.91 Å². The van der Waals surface area contributed by atoms with Gasteiger partial charge in [0.2, 0.25) is 5.91 Å². The van der Waals surface area contributed by atoms with Crippen LogP contribution >= 0.6 is 0 Å². The van der Waals surface area contributed by atoms with Crippen LogP contribution in [-0.4, -0.2) is 140 Å². The summed E-state index contributed by atoms with van der Waals surface area (Å²) in [5.41, 5.74) is 0. The van der Waals surface area contributed by atoms with Crippen molar-refractivity contribution < 1.29 is 64.6 Å². The summed E-state index contributed by atoms with van der Waals surface area (Å²) in [4.78, 5) is 13.3. The normalized spacial score (nSPS) is 25.0. The molecule has 2 heterocycles. The fourth-order valence-electron chi connectivity index (χ4n) is 10.6. The van der Waals surface area contributed by atoms with Gasteiger partial charge in [-0.05, 0) is 44.9 Å². The molecule has 448 valence electrons. The number of hydrogen-bond acceptors (Lipinski definition) is 13. The minimum atomic E-state index is -1.78. The third kappa shape index (κ3) is 33.3. The molecule has 2 fully saturated rings. The van der Waals surface area contributed by atoms with Gasteiger partial charge in [-0.1, -0.05) is 244 Å². The van der Waals surface area contributed by atoms with Crippen LogP contribution in [0.4, 0.5) is 0 Å². The number of aliphatic hydroxyl groups is 8. The van der Waals surface area contributed by atoms with E-state index in [9.17, 15) is 45.6 Å². The van der Waals surface area contributed by atoms with Gasteiger partial charge in [-0.25, -0.2) is 0 Å². The van der Waals surface area contributed by atoms with E-state index in [0.717, 1.165) is 64.2 Å². The number of rotatable bonds is 51. The Morgan fingerprint density at radius 2 is 0.868 bits per heavy atom. The van der Waals surface area contributed by atoms with Crippen LogP contribution in [0.3, 0.4) is 0 Å². The van der Waals surface area contributed by atoms with Crippen LogP contribution in [0.25, 0.3) is 0 Å². The number of aliphatic hydroxyl groups excluding tert-OH is 8. The number of unbranched alkanes of at least 4 members (excludes halogenated alkanes) is 34. The molecule has 0 aromatic heterocycles. The van der Waals surface area contributed by atoms with Crippen LogP contribution in [0.2, 0.25) is 0 Å². The highest BCUT2D eigenvalue weighted by atomic mass is 16.7. The Labute approximate surface area is 462 Å². The van der Waals surface area contributed by atoms with Gasteiger partial charge in [0.1, 0.15) is 48.8 Å². The molecule has 0 aliphatic carbocycles. The van der Waals surface area contributed by atoms with Crippen LogP contribution in [0.15, 0.2) is 24.3 Å². The summed E-state index contributed by atoms with van der Waals surface area (Å²) in [6.07, 6.45) is 40.3. The molecule has 2 rings (SSSR count). The average molecular weight is 1080 g/mol. The second kappa shape index (κ2) is 48.2. The summed E-state index contributed by atoms with van der Waals surface area (Å²) in [6, 6.07) is -0.830. The summed E-state index contributed by atoms with van der Waals surface area (Å²) < 4.78 is 22.9. The second-order valence-corrected chi connectivity index (χ2v) is 22.5. The van der Waals surface area contributed by atoms with Crippen molar-refractivity contribution in [3.8, 4) is 0 Å². The molecule has 12 unspecified atom stereocenters. The summed E-state index contributed by atoms with van der Waals surface area (Å²) in [5.74, 6) is -0.208. The Morgan fingerprint density at radius 3 is 1.34 bits per heavy atom. The predicted octanol–water partition coefficient (Wildman–Crippen LogP) is 11.2. The lowest BCUT2D eigenvalue weighted by Crippen LogP contribution is -2.65. The molecule has 76 heavy (non-hydrogen) atoms. The van der Waals surface area contributed by atoms with Gasteiger partial charge in [-0.15, -0.1) is 0 Å². The van der Waals surface area contributed by atoms with E-state index in [1.165, 1.54) is 180 Å². The highest BCUT2D eigenvalue weighted by Crippen LogP contribution is 2.30. The number of amides is 1. The van der Waals surface area contributed by atoms with Gasteiger partial charge < -0.3 is 65.1 Å². The van der Waals surface area contributed by atoms with E-state index >= 15 is 0 Å². The van der Waals surface area contributed by atoms with Gasteiger partial charge in [0.05, 0.1) is 32.0 Å². The van der Waals surface area contributed by atoms with Crippen molar-refractivity contribution in [1.29, 1.82) is 0 Å². The van der Waals surface area contributed by atoms with Crippen molar-refractivity contribution in [2.75, 3.05) is 19.8 Å². The van der Waals surface area contributed by atoms with Crippen molar-refractivity contribution in [1.82, 2.24) is 5.32 Å². The minimum absolute atomic E-state index is 0.208. The van der Waals surface area contributed by atoms with Crippen molar-refractivity contribution in [2.45, 2.75) is 344 Å². The Balaban J connectivity index is 1.73. The fraction of sp³-hybridized carbons (Fsp3) is 0.919. The van der Waals surface area contributed by atoms with Gasteiger partial charge >= 0.3 is 0 Å². The maximum absolute atomic E-state index is 13.3. The molecule has 0 saturated carbocycles. The summed E-state index contributed by atoms with van der Waals surface area (Å²) >= 11 is 0. The summed E-state index contributed by atoms with van der Waals surface area (Å²) in [7, 11) is 0. The molecule has 1 amide bonds. The number of ether oxygens (including phenoxy) is 4. The van der Waals surface area contributed by atoms with Crippen molar-refractivity contribution in [3.05, 3.63) is 24.3 Å². The molecule has 0 aromatic carbocycles. The van der Waals surface area contributed by atoms with E-state index in [0.29, 0.717) is 12.8 Å². The molecule has 2 aliphatic rings. The van der Waals surface area contributed by atoms with Gasteiger partial charge in [0, 0.05) is 6.42 Å². The Morgan fingerprint density at radius 1 is 0.474 bits per heavy atom. The van der Waals surface area contributed by atoms with E-state index in [-0.39, 0.29) is 12.5 Å². The third-order valence-electron chi connectivity index (χ3n) is 15.7. The maximum Gasteiger partial charge on any atom is 0.220 e. The maximum atomic E-state index is 13.3. The number of carbonyl (C=O) groups excluding carboxylic acids is 1. The highest BCUT2D eigenvalue weighted by molar-refractivity contribution is 5.76. The second-order valence-electron chi connectivity index (χ2n) is 22.5. The molecule has 0 bridgehead atoms. The lowest BCUT2D eigenvalue weighted by atomic mass is 9.97. The average Bonchev–Trinajstić information content (AvgIpc) is 3.42. The Bertz CT molecular complexity index is 1370. The lowest BCUT2D eigenvalue weighted by Gasteiger charge is -2.46. The fourth-order valence-corrected chi connectivity index (χ4v) is 10.6. The minimum Gasteiger partial charge on any atom is -0.394 e. The first-order chi connectivity index (χ1) is 37.1. The zero-order chi connectivity index (χ0) is 55.3. The topological polar surface area (TPSA) is 228 Å². The molecule has 14 heteroatoms. The molecular weight excluding hydrogens is 967 g/mol. The predicted molar refractivity (Wildman–Crippen MR) is 305 cm³/mol. The van der Waals surface area contributed by atoms with Crippen molar-refractivity contribution in [3.63, 3.8) is 0 Å². The zero-order valence-corrected chi connectivity index (χ0v) is 48.3. The smallest absolute Gasteiger partial charge is 0.220 e. The third-order valence-corrected chi connectivity index (χ3v) is 15.7.